The molecule has 20 heavy (non-hydrogen) atoms. The maximum absolute atomic E-state index is 4.15. The molecule has 0 saturated carbocycles. The first-order valence-corrected chi connectivity index (χ1v) is 7.97. The SMILES string of the molecule is CCCNC(Cc1ccc(C)c(C)c1)c1snnc1C. The van der Waals surface area contributed by atoms with E-state index >= 15 is 0 Å². The van der Waals surface area contributed by atoms with Gasteiger partial charge in [0.15, 0.2) is 0 Å². The van der Waals surface area contributed by atoms with Crippen LogP contribution in [0.3, 0.4) is 0 Å². The zero-order valence-corrected chi connectivity index (χ0v) is 13.5. The minimum Gasteiger partial charge on any atom is -0.309 e. The van der Waals surface area contributed by atoms with Gasteiger partial charge in [0.25, 0.3) is 0 Å². The summed E-state index contributed by atoms with van der Waals surface area (Å²) in [4.78, 5) is 1.26. The predicted octanol–water partition coefficient (Wildman–Crippen LogP) is 3.75. The number of benzene rings is 1. The van der Waals surface area contributed by atoms with E-state index in [1.54, 1.807) is 0 Å². The van der Waals surface area contributed by atoms with Gasteiger partial charge < -0.3 is 5.32 Å². The Morgan fingerprint density at radius 1 is 1.20 bits per heavy atom. The normalized spacial score (nSPS) is 12.6. The first-order chi connectivity index (χ1) is 9.61. The fraction of sp³-hybridized carbons (Fsp3) is 0.500. The number of hydrogen-bond acceptors (Lipinski definition) is 4. The largest absolute Gasteiger partial charge is 0.309 e. The van der Waals surface area contributed by atoms with Crippen LogP contribution in [0.25, 0.3) is 0 Å². The van der Waals surface area contributed by atoms with Crippen LogP contribution in [0, 0.1) is 20.8 Å². The van der Waals surface area contributed by atoms with Crippen molar-refractivity contribution in [3.8, 4) is 0 Å². The first kappa shape index (κ1) is 15.1. The summed E-state index contributed by atoms with van der Waals surface area (Å²) in [6, 6.07) is 7.04. The summed E-state index contributed by atoms with van der Waals surface area (Å²) in [6.07, 6.45) is 2.13. The van der Waals surface area contributed by atoms with Gasteiger partial charge in [0.1, 0.15) is 0 Å². The molecule has 108 valence electrons. The van der Waals surface area contributed by atoms with E-state index in [1.807, 2.05) is 6.92 Å². The Morgan fingerprint density at radius 2 is 2.00 bits per heavy atom. The van der Waals surface area contributed by atoms with Crippen LogP contribution >= 0.6 is 11.5 Å². The van der Waals surface area contributed by atoms with Crippen LogP contribution in [-0.4, -0.2) is 16.1 Å². The van der Waals surface area contributed by atoms with Crippen LogP contribution in [-0.2, 0) is 6.42 Å². The van der Waals surface area contributed by atoms with Crippen molar-refractivity contribution in [2.75, 3.05) is 6.54 Å². The second kappa shape index (κ2) is 6.95. The summed E-state index contributed by atoms with van der Waals surface area (Å²) >= 11 is 1.51. The highest BCUT2D eigenvalue weighted by Crippen LogP contribution is 2.24. The summed E-state index contributed by atoms with van der Waals surface area (Å²) in [5, 5.41) is 7.77. The van der Waals surface area contributed by atoms with E-state index in [0.29, 0.717) is 6.04 Å². The van der Waals surface area contributed by atoms with Gasteiger partial charge in [-0.2, -0.15) is 0 Å². The Hall–Kier alpha value is -1.26. The summed E-state index contributed by atoms with van der Waals surface area (Å²) in [7, 11) is 0. The quantitative estimate of drug-likeness (QED) is 0.880. The third-order valence-corrected chi connectivity index (χ3v) is 4.59. The highest BCUT2D eigenvalue weighted by Gasteiger charge is 2.17. The number of nitrogens with zero attached hydrogens (tertiary/aromatic N) is 2. The molecule has 1 N–H and O–H groups in total. The minimum absolute atomic E-state index is 0.317. The van der Waals surface area contributed by atoms with Crippen LogP contribution in [0.15, 0.2) is 18.2 Å². The summed E-state index contributed by atoms with van der Waals surface area (Å²) in [6.45, 7) is 9.58. The van der Waals surface area contributed by atoms with Gasteiger partial charge >= 0.3 is 0 Å². The highest BCUT2D eigenvalue weighted by molar-refractivity contribution is 7.05. The highest BCUT2D eigenvalue weighted by atomic mass is 32.1. The summed E-state index contributed by atoms with van der Waals surface area (Å²) in [5.74, 6) is 0. The molecule has 1 atom stereocenters. The first-order valence-electron chi connectivity index (χ1n) is 7.20. The van der Waals surface area contributed by atoms with Crippen molar-refractivity contribution in [2.45, 2.75) is 46.6 Å². The molecule has 0 fully saturated rings. The average Bonchev–Trinajstić information content (AvgIpc) is 2.85. The average molecular weight is 289 g/mol. The Bertz CT molecular complexity index is 563. The fourth-order valence-electron chi connectivity index (χ4n) is 2.30. The van der Waals surface area contributed by atoms with Crippen molar-refractivity contribution in [1.82, 2.24) is 14.9 Å². The Morgan fingerprint density at radius 3 is 2.60 bits per heavy atom. The Balaban J connectivity index is 2.19. The molecule has 1 unspecified atom stereocenters. The second-order valence-corrected chi connectivity index (χ2v) is 6.14. The summed E-state index contributed by atoms with van der Waals surface area (Å²) in [5.41, 5.74) is 5.13. The lowest BCUT2D eigenvalue weighted by Crippen LogP contribution is -2.24. The number of rotatable bonds is 6. The molecule has 0 aliphatic rings. The zero-order chi connectivity index (χ0) is 14.5. The van der Waals surface area contributed by atoms with Crippen LogP contribution in [0.5, 0.6) is 0 Å². The topological polar surface area (TPSA) is 37.8 Å². The molecule has 1 aromatic heterocycles. The van der Waals surface area contributed by atoms with Crippen LogP contribution in [0.4, 0.5) is 0 Å². The molecular formula is C16H23N3S. The molecule has 0 amide bonds. The van der Waals surface area contributed by atoms with Crippen LogP contribution in [0.1, 0.15) is 46.6 Å². The van der Waals surface area contributed by atoms with E-state index in [4.69, 9.17) is 0 Å². The van der Waals surface area contributed by atoms with E-state index in [1.165, 1.54) is 33.1 Å². The van der Waals surface area contributed by atoms with Crippen molar-refractivity contribution in [1.29, 1.82) is 0 Å². The molecule has 0 aliphatic heterocycles. The van der Waals surface area contributed by atoms with Gasteiger partial charge in [-0.05, 0) is 68.4 Å². The van der Waals surface area contributed by atoms with Gasteiger partial charge in [-0.1, -0.05) is 29.6 Å². The fourth-order valence-corrected chi connectivity index (χ4v) is 3.02. The van der Waals surface area contributed by atoms with E-state index in [-0.39, 0.29) is 0 Å². The number of nitrogens with one attached hydrogen (secondary N) is 1. The van der Waals surface area contributed by atoms with Crippen molar-refractivity contribution in [3.63, 3.8) is 0 Å². The lowest BCUT2D eigenvalue weighted by molar-refractivity contribution is 0.533. The molecule has 3 nitrogen and oxygen atoms in total. The molecule has 0 radical (unpaired) electrons. The number of aryl methyl sites for hydroxylation is 3. The molecule has 0 bridgehead atoms. The lowest BCUT2D eigenvalue weighted by atomic mass is 9.99. The van der Waals surface area contributed by atoms with Gasteiger partial charge in [0, 0.05) is 6.04 Å². The van der Waals surface area contributed by atoms with Crippen LogP contribution in [0.2, 0.25) is 0 Å². The third kappa shape index (κ3) is 3.64. The minimum atomic E-state index is 0.317. The standard InChI is InChI=1S/C16H23N3S/c1-5-8-17-15(16-13(4)18-19-20-16)10-14-7-6-11(2)12(3)9-14/h6-7,9,15,17H,5,8,10H2,1-4H3. The van der Waals surface area contributed by atoms with Crippen molar-refractivity contribution < 1.29 is 0 Å². The lowest BCUT2D eigenvalue weighted by Gasteiger charge is -2.18. The molecule has 1 heterocycles. The molecule has 2 rings (SSSR count). The van der Waals surface area contributed by atoms with Crippen LogP contribution < -0.4 is 5.32 Å². The molecule has 0 saturated heterocycles. The molecule has 0 spiro atoms. The van der Waals surface area contributed by atoms with Crippen molar-refractivity contribution in [2.24, 2.45) is 0 Å². The van der Waals surface area contributed by atoms with Gasteiger partial charge in [0.05, 0.1) is 10.6 Å². The molecular weight excluding hydrogens is 266 g/mol. The predicted molar refractivity (Wildman–Crippen MR) is 85.3 cm³/mol. The van der Waals surface area contributed by atoms with Gasteiger partial charge in [-0.15, -0.1) is 5.10 Å². The van der Waals surface area contributed by atoms with E-state index in [9.17, 15) is 0 Å². The third-order valence-electron chi connectivity index (χ3n) is 3.65. The maximum Gasteiger partial charge on any atom is 0.0772 e. The smallest absolute Gasteiger partial charge is 0.0772 e. The number of hydrogen-bond donors (Lipinski definition) is 1. The molecule has 0 aliphatic carbocycles. The second-order valence-electron chi connectivity index (χ2n) is 5.35. The Kier molecular flexibility index (Phi) is 5.26. The zero-order valence-electron chi connectivity index (χ0n) is 12.7. The van der Waals surface area contributed by atoms with Gasteiger partial charge in [0.2, 0.25) is 0 Å². The van der Waals surface area contributed by atoms with Gasteiger partial charge in [-0.25, -0.2) is 0 Å². The van der Waals surface area contributed by atoms with Crippen molar-refractivity contribution >= 4 is 11.5 Å². The van der Waals surface area contributed by atoms with E-state index < -0.39 is 0 Å². The molecule has 4 heteroatoms. The van der Waals surface area contributed by atoms with Gasteiger partial charge in [-0.3, -0.25) is 0 Å². The monoisotopic (exact) mass is 289 g/mol. The molecule has 1 aromatic carbocycles. The van der Waals surface area contributed by atoms with Crippen molar-refractivity contribution in [3.05, 3.63) is 45.5 Å². The van der Waals surface area contributed by atoms with E-state index in [2.05, 4.69) is 53.9 Å². The van der Waals surface area contributed by atoms with E-state index in [0.717, 1.165) is 25.1 Å². The maximum atomic E-state index is 4.15. The summed E-state index contributed by atoms with van der Waals surface area (Å²) < 4.78 is 4.08. The number of aromatic nitrogens is 2. The molecule has 2 aromatic rings. The Labute approximate surface area is 125 Å².